The normalized spacial score (nSPS) is 10.2. The minimum atomic E-state index is 0.940. The molecule has 0 aliphatic rings. The fraction of sp³-hybridized carbons (Fsp3) is 0.333. The van der Waals surface area contributed by atoms with Gasteiger partial charge in [0.1, 0.15) is 0 Å². The Balaban J connectivity index is 2.60. The second kappa shape index (κ2) is 6.06. The second-order valence-corrected chi connectivity index (χ2v) is 4.84. The SMILES string of the molecule is BrCCSc1cccc(CBr)c1. The summed E-state index contributed by atoms with van der Waals surface area (Å²) in [5, 5.41) is 1.99. The van der Waals surface area contributed by atoms with Crippen LogP contribution in [0.15, 0.2) is 29.2 Å². The van der Waals surface area contributed by atoms with Gasteiger partial charge in [0.2, 0.25) is 0 Å². The summed E-state index contributed by atoms with van der Waals surface area (Å²) in [5.41, 5.74) is 1.34. The van der Waals surface area contributed by atoms with Gasteiger partial charge in [0, 0.05) is 21.3 Å². The number of thioether (sulfide) groups is 1. The molecule has 3 heteroatoms. The van der Waals surface area contributed by atoms with Crippen LogP contribution in [0, 0.1) is 0 Å². The Morgan fingerprint density at radius 3 is 2.75 bits per heavy atom. The maximum Gasteiger partial charge on any atom is 0.0283 e. The zero-order chi connectivity index (χ0) is 8.81. The van der Waals surface area contributed by atoms with Gasteiger partial charge in [0.15, 0.2) is 0 Å². The van der Waals surface area contributed by atoms with Crippen molar-refractivity contribution in [2.24, 2.45) is 0 Å². The minimum absolute atomic E-state index is 0.940. The number of hydrogen-bond acceptors (Lipinski definition) is 1. The van der Waals surface area contributed by atoms with Gasteiger partial charge in [-0.25, -0.2) is 0 Å². The van der Waals surface area contributed by atoms with Crippen LogP contribution in [0.1, 0.15) is 5.56 Å². The molecule has 0 nitrogen and oxygen atoms in total. The highest BCUT2D eigenvalue weighted by Gasteiger charge is 1.94. The number of rotatable bonds is 4. The van der Waals surface area contributed by atoms with E-state index in [4.69, 9.17) is 0 Å². The van der Waals surface area contributed by atoms with E-state index in [0.29, 0.717) is 0 Å². The fourth-order valence-corrected chi connectivity index (χ4v) is 2.43. The summed E-state index contributed by atoms with van der Waals surface area (Å²) in [6.45, 7) is 0. The molecule has 12 heavy (non-hydrogen) atoms. The fourth-order valence-electron chi connectivity index (χ4n) is 0.875. The Bertz CT molecular complexity index is 238. The molecule has 0 bridgehead atoms. The lowest BCUT2D eigenvalue weighted by Crippen LogP contribution is -1.81. The molecule has 0 radical (unpaired) electrons. The second-order valence-electron chi connectivity index (χ2n) is 2.32. The maximum atomic E-state index is 3.44. The third-order valence-electron chi connectivity index (χ3n) is 1.40. The zero-order valence-electron chi connectivity index (χ0n) is 6.59. The van der Waals surface area contributed by atoms with Crippen LogP contribution in [0.2, 0.25) is 0 Å². The van der Waals surface area contributed by atoms with Crippen LogP contribution in [0.5, 0.6) is 0 Å². The number of benzene rings is 1. The molecule has 66 valence electrons. The van der Waals surface area contributed by atoms with Crippen LogP contribution in [0.25, 0.3) is 0 Å². The lowest BCUT2D eigenvalue weighted by molar-refractivity contribution is 1.34. The van der Waals surface area contributed by atoms with E-state index >= 15 is 0 Å². The van der Waals surface area contributed by atoms with E-state index in [0.717, 1.165) is 16.4 Å². The Kier molecular flexibility index (Phi) is 5.35. The molecule has 0 atom stereocenters. The van der Waals surface area contributed by atoms with Crippen molar-refractivity contribution >= 4 is 43.6 Å². The van der Waals surface area contributed by atoms with E-state index in [9.17, 15) is 0 Å². The highest BCUT2D eigenvalue weighted by atomic mass is 79.9. The van der Waals surface area contributed by atoms with Gasteiger partial charge in [-0.3, -0.25) is 0 Å². The predicted molar refractivity (Wildman–Crippen MR) is 63.6 cm³/mol. The monoisotopic (exact) mass is 308 g/mol. The van der Waals surface area contributed by atoms with Crippen molar-refractivity contribution in [3.63, 3.8) is 0 Å². The van der Waals surface area contributed by atoms with Gasteiger partial charge < -0.3 is 0 Å². The largest absolute Gasteiger partial charge is 0.125 e. The molecule has 1 rings (SSSR count). The summed E-state index contributed by atoms with van der Waals surface area (Å²) in [7, 11) is 0. The molecule has 0 N–H and O–H groups in total. The summed E-state index contributed by atoms with van der Waals surface area (Å²) < 4.78 is 0. The van der Waals surface area contributed by atoms with Gasteiger partial charge in [-0.15, -0.1) is 11.8 Å². The molecule has 0 saturated carbocycles. The summed E-state index contributed by atoms with van der Waals surface area (Å²) in [6, 6.07) is 8.61. The average molecular weight is 310 g/mol. The number of alkyl halides is 2. The maximum absolute atomic E-state index is 3.44. The van der Waals surface area contributed by atoms with E-state index in [2.05, 4.69) is 56.1 Å². The van der Waals surface area contributed by atoms with Gasteiger partial charge in [0.25, 0.3) is 0 Å². The third kappa shape index (κ3) is 3.50. The standard InChI is InChI=1S/C9H10Br2S/c10-4-5-12-9-3-1-2-8(6-9)7-11/h1-3,6H,4-5,7H2. The molecule has 0 aromatic heterocycles. The number of hydrogen-bond donors (Lipinski definition) is 0. The average Bonchev–Trinajstić information content (AvgIpc) is 2.15. The Labute approximate surface area is 94.4 Å². The summed E-state index contributed by atoms with van der Waals surface area (Å²) >= 11 is 8.74. The molecule has 0 unspecified atom stereocenters. The van der Waals surface area contributed by atoms with Crippen LogP contribution in [0.3, 0.4) is 0 Å². The van der Waals surface area contributed by atoms with Crippen LogP contribution in [-0.4, -0.2) is 11.1 Å². The van der Waals surface area contributed by atoms with E-state index in [1.165, 1.54) is 10.5 Å². The third-order valence-corrected chi connectivity index (χ3v) is 3.96. The molecule has 0 amide bonds. The molecule has 0 fully saturated rings. The Morgan fingerprint density at radius 2 is 2.08 bits per heavy atom. The van der Waals surface area contributed by atoms with Crippen molar-refractivity contribution in [2.75, 3.05) is 11.1 Å². The molecular formula is C9H10Br2S. The molecule has 0 heterocycles. The summed E-state index contributed by atoms with van der Waals surface area (Å²) in [5.74, 6) is 1.13. The van der Waals surface area contributed by atoms with Crippen LogP contribution < -0.4 is 0 Å². The summed E-state index contributed by atoms with van der Waals surface area (Å²) in [4.78, 5) is 1.35. The highest BCUT2D eigenvalue weighted by molar-refractivity contribution is 9.09. The van der Waals surface area contributed by atoms with Crippen molar-refractivity contribution in [1.29, 1.82) is 0 Å². The van der Waals surface area contributed by atoms with Gasteiger partial charge in [0.05, 0.1) is 0 Å². The molecule has 0 saturated heterocycles. The van der Waals surface area contributed by atoms with Crippen LogP contribution in [0.4, 0.5) is 0 Å². The van der Waals surface area contributed by atoms with E-state index in [1.807, 2.05) is 11.8 Å². The molecule has 0 aliphatic carbocycles. The van der Waals surface area contributed by atoms with Crippen LogP contribution in [-0.2, 0) is 5.33 Å². The molecule has 1 aromatic carbocycles. The van der Waals surface area contributed by atoms with E-state index < -0.39 is 0 Å². The van der Waals surface area contributed by atoms with Crippen molar-refractivity contribution in [2.45, 2.75) is 10.2 Å². The first-order chi connectivity index (χ1) is 5.86. The van der Waals surface area contributed by atoms with Gasteiger partial charge in [-0.2, -0.15) is 0 Å². The molecule has 1 aromatic rings. The molecule has 0 aliphatic heterocycles. The zero-order valence-corrected chi connectivity index (χ0v) is 10.6. The van der Waals surface area contributed by atoms with E-state index in [1.54, 1.807) is 0 Å². The van der Waals surface area contributed by atoms with E-state index in [-0.39, 0.29) is 0 Å². The first-order valence-electron chi connectivity index (χ1n) is 3.70. The minimum Gasteiger partial charge on any atom is -0.125 e. The lowest BCUT2D eigenvalue weighted by Gasteiger charge is -2.00. The first-order valence-corrected chi connectivity index (χ1v) is 6.93. The van der Waals surface area contributed by atoms with Gasteiger partial charge in [-0.05, 0) is 17.7 Å². The first kappa shape index (κ1) is 10.6. The molecule has 0 spiro atoms. The summed E-state index contributed by atoms with van der Waals surface area (Å²) in [6.07, 6.45) is 0. The predicted octanol–water partition coefficient (Wildman–Crippen LogP) is 4.07. The van der Waals surface area contributed by atoms with Crippen molar-refractivity contribution in [1.82, 2.24) is 0 Å². The topological polar surface area (TPSA) is 0 Å². The van der Waals surface area contributed by atoms with Crippen LogP contribution >= 0.6 is 43.6 Å². The van der Waals surface area contributed by atoms with Gasteiger partial charge in [-0.1, -0.05) is 44.0 Å². The Hall–Kier alpha value is 0.530. The highest BCUT2D eigenvalue weighted by Crippen LogP contribution is 2.20. The lowest BCUT2D eigenvalue weighted by atomic mass is 10.2. The smallest absolute Gasteiger partial charge is 0.0283 e. The molecular weight excluding hydrogens is 300 g/mol. The van der Waals surface area contributed by atoms with Gasteiger partial charge >= 0.3 is 0 Å². The van der Waals surface area contributed by atoms with Crippen molar-refractivity contribution < 1.29 is 0 Å². The van der Waals surface area contributed by atoms with Crippen molar-refractivity contribution in [3.8, 4) is 0 Å². The quantitative estimate of drug-likeness (QED) is 0.597. The van der Waals surface area contributed by atoms with Crippen molar-refractivity contribution in [3.05, 3.63) is 29.8 Å². The Morgan fingerprint density at radius 1 is 1.25 bits per heavy atom. The number of halogens is 2.